The topological polar surface area (TPSA) is 46.3 Å². The van der Waals surface area contributed by atoms with Crippen LogP contribution in [0.25, 0.3) is 0 Å². The number of hydrogen-bond donors (Lipinski definition) is 1. The lowest BCUT2D eigenvalue weighted by atomic mass is 9.90. The highest BCUT2D eigenvalue weighted by atomic mass is 35.5. The molecular weight excluding hydrogens is 332 g/mol. The first kappa shape index (κ1) is 19.5. The van der Waals surface area contributed by atoms with Crippen molar-refractivity contribution in [3.63, 3.8) is 0 Å². The van der Waals surface area contributed by atoms with Crippen LogP contribution in [0, 0.1) is 5.41 Å². The summed E-state index contributed by atoms with van der Waals surface area (Å²) in [6.45, 7) is 4.36. The van der Waals surface area contributed by atoms with Gasteiger partial charge in [-0.3, -0.25) is 4.79 Å². The van der Waals surface area contributed by atoms with Crippen LogP contribution in [0.3, 0.4) is 0 Å². The maximum atomic E-state index is 13.0. The summed E-state index contributed by atoms with van der Waals surface area (Å²) in [5.41, 5.74) is 9.21. The summed E-state index contributed by atoms with van der Waals surface area (Å²) in [6, 6.07) is 18.4. The summed E-state index contributed by atoms with van der Waals surface area (Å²) in [7, 11) is 0. The van der Waals surface area contributed by atoms with Crippen LogP contribution in [-0.2, 0) is 12.8 Å². The Hall–Kier alpha value is -1.84. The first-order valence-corrected chi connectivity index (χ1v) is 8.72. The standard InChI is InChI=1S/C21H26N2O.ClH/c1-21(15-22)13-14-23(16-21)20(24)19-10-6-5-9-18(19)12-11-17-7-3-2-4-8-17;/h2-10H,11-16,22H2,1H3;1H. The Morgan fingerprint density at radius 2 is 1.76 bits per heavy atom. The van der Waals surface area contributed by atoms with E-state index >= 15 is 0 Å². The number of halogens is 1. The van der Waals surface area contributed by atoms with E-state index in [-0.39, 0.29) is 23.7 Å². The SMILES string of the molecule is CC1(CN)CCN(C(=O)c2ccccc2CCc2ccccc2)C1.Cl. The summed E-state index contributed by atoms with van der Waals surface area (Å²) in [5.74, 6) is 0.149. The smallest absolute Gasteiger partial charge is 0.254 e. The molecule has 3 nitrogen and oxygen atoms in total. The largest absolute Gasteiger partial charge is 0.338 e. The van der Waals surface area contributed by atoms with Gasteiger partial charge in [-0.15, -0.1) is 12.4 Å². The Labute approximate surface area is 156 Å². The van der Waals surface area contributed by atoms with Gasteiger partial charge in [-0.1, -0.05) is 55.5 Å². The number of carbonyl (C=O) groups excluding carboxylic acids is 1. The van der Waals surface area contributed by atoms with E-state index in [0.29, 0.717) is 6.54 Å². The van der Waals surface area contributed by atoms with Gasteiger partial charge < -0.3 is 10.6 Å². The van der Waals surface area contributed by atoms with Crippen LogP contribution < -0.4 is 5.73 Å². The molecule has 1 aliphatic heterocycles. The molecule has 3 rings (SSSR count). The second-order valence-electron chi connectivity index (χ2n) is 7.13. The van der Waals surface area contributed by atoms with Gasteiger partial charge in [0, 0.05) is 18.7 Å². The molecule has 1 fully saturated rings. The fourth-order valence-corrected chi connectivity index (χ4v) is 3.40. The van der Waals surface area contributed by atoms with E-state index in [1.165, 1.54) is 5.56 Å². The van der Waals surface area contributed by atoms with Crippen LogP contribution >= 0.6 is 12.4 Å². The van der Waals surface area contributed by atoms with E-state index in [1.54, 1.807) is 0 Å². The predicted octanol–water partition coefficient (Wildman–Crippen LogP) is 3.70. The number of nitrogens with zero attached hydrogens (tertiary/aromatic N) is 1. The van der Waals surface area contributed by atoms with Crippen LogP contribution in [0.15, 0.2) is 54.6 Å². The van der Waals surface area contributed by atoms with E-state index in [4.69, 9.17) is 5.73 Å². The van der Waals surface area contributed by atoms with Crippen molar-refractivity contribution in [1.82, 2.24) is 4.90 Å². The third-order valence-electron chi connectivity index (χ3n) is 5.11. The molecule has 0 aromatic heterocycles. The number of hydrogen-bond acceptors (Lipinski definition) is 2. The normalized spacial score (nSPS) is 19.5. The van der Waals surface area contributed by atoms with E-state index < -0.39 is 0 Å². The fraction of sp³-hybridized carbons (Fsp3) is 0.381. The van der Waals surface area contributed by atoms with E-state index in [9.17, 15) is 4.79 Å². The van der Waals surface area contributed by atoms with Crippen molar-refractivity contribution in [3.05, 3.63) is 71.3 Å². The zero-order chi connectivity index (χ0) is 17.0. The van der Waals surface area contributed by atoms with Crippen LogP contribution in [-0.4, -0.2) is 30.4 Å². The number of amides is 1. The summed E-state index contributed by atoms with van der Waals surface area (Å²) >= 11 is 0. The van der Waals surface area contributed by atoms with Crippen LogP contribution in [0.5, 0.6) is 0 Å². The highest BCUT2D eigenvalue weighted by Gasteiger charge is 2.35. The lowest BCUT2D eigenvalue weighted by molar-refractivity contribution is 0.0776. The predicted molar refractivity (Wildman–Crippen MR) is 105 cm³/mol. The molecule has 134 valence electrons. The van der Waals surface area contributed by atoms with Crippen molar-refractivity contribution in [2.75, 3.05) is 19.6 Å². The van der Waals surface area contributed by atoms with Crippen LogP contribution in [0.1, 0.15) is 34.8 Å². The lowest BCUT2D eigenvalue weighted by Gasteiger charge is -2.23. The highest BCUT2D eigenvalue weighted by Crippen LogP contribution is 2.30. The molecule has 4 heteroatoms. The first-order chi connectivity index (χ1) is 11.6. The Morgan fingerprint density at radius 1 is 1.08 bits per heavy atom. The van der Waals surface area contributed by atoms with Gasteiger partial charge in [0.15, 0.2) is 0 Å². The van der Waals surface area contributed by atoms with Crippen molar-refractivity contribution < 1.29 is 4.79 Å². The molecule has 0 bridgehead atoms. The molecule has 0 radical (unpaired) electrons. The number of nitrogens with two attached hydrogens (primary N) is 1. The Kier molecular flexibility index (Phi) is 6.63. The minimum atomic E-state index is 0. The quantitative estimate of drug-likeness (QED) is 0.885. The monoisotopic (exact) mass is 358 g/mol. The van der Waals surface area contributed by atoms with Gasteiger partial charge >= 0.3 is 0 Å². The van der Waals surface area contributed by atoms with Crippen LogP contribution in [0.2, 0.25) is 0 Å². The second-order valence-corrected chi connectivity index (χ2v) is 7.13. The number of likely N-dealkylation sites (tertiary alicyclic amines) is 1. The Bertz CT molecular complexity index is 704. The summed E-state index contributed by atoms with van der Waals surface area (Å²) in [6.07, 6.45) is 2.82. The maximum absolute atomic E-state index is 13.0. The van der Waals surface area contributed by atoms with Gasteiger partial charge in [0.05, 0.1) is 0 Å². The molecule has 1 atom stereocenters. The number of carbonyl (C=O) groups is 1. The average molecular weight is 359 g/mol. The van der Waals surface area contributed by atoms with Gasteiger partial charge in [-0.25, -0.2) is 0 Å². The molecule has 1 aliphatic rings. The molecule has 1 heterocycles. The zero-order valence-corrected chi connectivity index (χ0v) is 15.6. The van der Waals surface area contributed by atoms with Crippen molar-refractivity contribution in [3.8, 4) is 0 Å². The van der Waals surface area contributed by atoms with Gasteiger partial charge in [0.25, 0.3) is 5.91 Å². The summed E-state index contributed by atoms with van der Waals surface area (Å²) in [5, 5.41) is 0. The molecule has 2 N–H and O–H groups in total. The van der Waals surface area contributed by atoms with Crippen molar-refractivity contribution in [2.24, 2.45) is 11.1 Å². The number of rotatable bonds is 5. The second kappa shape index (κ2) is 8.50. The molecule has 25 heavy (non-hydrogen) atoms. The molecule has 2 aromatic carbocycles. The number of aryl methyl sites for hydroxylation is 2. The van der Waals surface area contributed by atoms with Crippen molar-refractivity contribution in [2.45, 2.75) is 26.2 Å². The molecule has 0 saturated carbocycles. The zero-order valence-electron chi connectivity index (χ0n) is 14.8. The lowest BCUT2D eigenvalue weighted by Crippen LogP contribution is -2.34. The first-order valence-electron chi connectivity index (χ1n) is 8.72. The van der Waals surface area contributed by atoms with E-state index in [2.05, 4.69) is 37.3 Å². The van der Waals surface area contributed by atoms with Gasteiger partial charge in [0.1, 0.15) is 0 Å². The van der Waals surface area contributed by atoms with E-state index in [0.717, 1.165) is 43.5 Å². The van der Waals surface area contributed by atoms with Gasteiger partial charge in [-0.2, -0.15) is 0 Å². The molecule has 0 spiro atoms. The van der Waals surface area contributed by atoms with Gasteiger partial charge in [-0.05, 0) is 48.4 Å². The van der Waals surface area contributed by atoms with Crippen molar-refractivity contribution in [1.29, 1.82) is 0 Å². The molecule has 0 aliphatic carbocycles. The third kappa shape index (κ3) is 4.62. The highest BCUT2D eigenvalue weighted by molar-refractivity contribution is 5.96. The molecular formula is C21H27ClN2O. The van der Waals surface area contributed by atoms with Gasteiger partial charge in [0.2, 0.25) is 0 Å². The molecule has 1 amide bonds. The van der Waals surface area contributed by atoms with Crippen LogP contribution in [0.4, 0.5) is 0 Å². The molecule has 1 unspecified atom stereocenters. The summed E-state index contributed by atoms with van der Waals surface area (Å²) < 4.78 is 0. The maximum Gasteiger partial charge on any atom is 0.254 e. The minimum absolute atomic E-state index is 0. The van der Waals surface area contributed by atoms with E-state index in [1.807, 2.05) is 29.2 Å². The minimum Gasteiger partial charge on any atom is -0.338 e. The summed E-state index contributed by atoms with van der Waals surface area (Å²) in [4.78, 5) is 14.9. The third-order valence-corrected chi connectivity index (χ3v) is 5.11. The fourth-order valence-electron chi connectivity index (χ4n) is 3.40. The molecule has 2 aromatic rings. The number of benzene rings is 2. The average Bonchev–Trinajstić information content (AvgIpc) is 3.03. The Balaban J connectivity index is 0.00000225. The Morgan fingerprint density at radius 3 is 2.44 bits per heavy atom. The van der Waals surface area contributed by atoms with Crippen molar-refractivity contribution >= 4 is 18.3 Å². The molecule has 1 saturated heterocycles.